The van der Waals surface area contributed by atoms with Crippen molar-refractivity contribution in [3.05, 3.63) is 82.8 Å². The molecule has 1 heterocycles. The first-order valence-electron chi connectivity index (χ1n) is 7.58. The normalized spacial score (nSPS) is 10.4. The molecule has 0 unspecified atom stereocenters. The van der Waals surface area contributed by atoms with Crippen molar-refractivity contribution in [3.63, 3.8) is 0 Å². The summed E-state index contributed by atoms with van der Waals surface area (Å²) in [5, 5.41) is 6.02. The zero-order valence-electron chi connectivity index (χ0n) is 13.3. The van der Waals surface area contributed by atoms with Crippen LogP contribution in [0, 0.1) is 11.6 Å². The minimum atomic E-state index is -0.766. The van der Waals surface area contributed by atoms with E-state index in [9.17, 15) is 13.6 Å². The molecule has 0 atom stereocenters. The number of aromatic nitrogens is 2. The average molecular weight is 375 g/mol. The van der Waals surface area contributed by atoms with E-state index >= 15 is 0 Å². The summed E-state index contributed by atoms with van der Waals surface area (Å²) >= 11 is 5.82. The number of benzene rings is 2. The van der Waals surface area contributed by atoms with Crippen LogP contribution in [0.2, 0.25) is 5.02 Å². The molecule has 0 bridgehead atoms. The fourth-order valence-electron chi connectivity index (χ4n) is 2.15. The van der Waals surface area contributed by atoms with Gasteiger partial charge in [-0.3, -0.25) is 4.79 Å². The summed E-state index contributed by atoms with van der Waals surface area (Å²) in [4.78, 5) is 20.1. The van der Waals surface area contributed by atoms with E-state index in [4.69, 9.17) is 11.6 Å². The number of rotatable bonds is 5. The molecule has 0 spiro atoms. The number of nitrogens with zero attached hydrogens (tertiary/aromatic N) is 2. The van der Waals surface area contributed by atoms with Crippen molar-refractivity contribution >= 4 is 29.0 Å². The van der Waals surface area contributed by atoms with Crippen LogP contribution in [0.1, 0.15) is 16.1 Å². The number of nitrogens with one attached hydrogen (secondary N) is 2. The summed E-state index contributed by atoms with van der Waals surface area (Å²) in [6.45, 7) is 0.301. The zero-order valence-corrected chi connectivity index (χ0v) is 14.1. The molecule has 0 aliphatic rings. The van der Waals surface area contributed by atoms with Gasteiger partial charge in [-0.05, 0) is 29.8 Å². The molecule has 1 aromatic heterocycles. The fourth-order valence-corrected chi connectivity index (χ4v) is 2.28. The van der Waals surface area contributed by atoms with E-state index < -0.39 is 17.5 Å². The summed E-state index contributed by atoms with van der Waals surface area (Å²) < 4.78 is 26.6. The van der Waals surface area contributed by atoms with Crippen LogP contribution < -0.4 is 10.6 Å². The van der Waals surface area contributed by atoms with Crippen LogP contribution >= 0.6 is 11.6 Å². The molecule has 0 saturated heterocycles. The van der Waals surface area contributed by atoms with Gasteiger partial charge in [0.2, 0.25) is 0 Å². The first kappa shape index (κ1) is 17.8. The molecule has 3 aromatic rings. The van der Waals surface area contributed by atoms with Gasteiger partial charge < -0.3 is 10.6 Å². The van der Waals surface area contributed by atoms with Crippen molar-refractivity contribution in [1.29, 1.82) is 0 Å². The molecule has 2 N–H and O–H groups in total. The monoisotopic (exact) mass is 374 g/mol. The second-order valence-electron chi connectivity index (χ2n) is 5.35. The molecule has 0 saturated carbocycles. The number of anilines is 2. The highest BCUT2D eigenvalue weighted by atomic mass is 35.5. The number of carbonyl (C=O) groups excluding carboxylic acids is 1. The molecule has 0 radical (unpaired) electrons. The highest BCUT2D eigenvalue weighted by Crippen LogP contribution is 2.19. The van der Waals surface area contributed by atoms with E-state index in [1.807, 2.05) is 0 Å². The van der Waals surface area contributed by atoms with E-state index in [-0.39, 0.29) is 17.2 Å². The number of carbonyl (C=O) groups is 1. The first-order valence-corrected chi connectivity index (χ1v) is 7.96. The molecular weight excluding hydrogens is 362 g/mol. The second kappa shape index (κ2) is 7.88. The Morgan fingerprint density at radius 2 is 1.81 bits per heavy atom. The van der Waals surface area contributed by atoms with Crippen molar-refractivity contribution in [3.8, 4) is 0 Å². The molecule has 1 amide bonds. The van der Waals surface area contributed by atoms with Crippen molar-refractivity contribution in [2.24, 2.45) is 0 Å². The molecule has 0 aliphatic heterocycles. The number of amides is 1. The third kappa shape index (κ3) is 4.52. The third-order valence-electron chi connectivity index (χ3n) is 3.46. The first-order chi connectivity index (χ1) is 12.5. The Kier molecular flexibility index (Phi) is 5.38. The molecular formula is C18H13ClF2N4O. The highest BCUT2D eigenvalue weighted by Gasteiger charge is 2.10. The summed E-state index contributed by atoms with van der Waals surface area (Å²) in [6, 6.07) is 11.5. The quantitative estimate of drug-likeness (QED) is 0.706. The lowest BCUT2D eigenvalue weighted by atomic mass is 10.2. The Bertz CT molecular complexity index is 935. The van der Waals surface area contributed by atoms with E-state index in [0.717, 1.165) is 17.7 Å². The molecule has 0 aliphatic carbocycles. The zero-order chi connectivity index (χ0) is 18.5. The minimum absolute atomic E-state index is 0.0395. The largest absolute Gasteiger partial charge is 0.347 e. The van der Waals surface area contributed by atoms with E-state index in [1.165, 1.54) is 18.5 Å². The van der Waals surface area contributed by atoms with Gasteiger partial charge in [0.1, 0.15) is 29.5 Å². The Morgan fingerprint density at radius 1 is 1.04 bits per heavy atom. The number of halogens is 3. The van der Waals surface area contributed by atoms with Crippen LogP contribution in [0.15, 0.2) is 54.9 Å². The van der Waals surface area contributed by atoms with E-state index in [1.54, 1.807) is 24.3 Å². The van der Waals surface area contributed by atoms with Crippen LogP contribution in [-0.4, -0.2) is 15.9 Å². The number of hydrogen-bond donors (Lipinski definition) is 2. The van der Waals surface area contributed by atoms with Crippen molar-refractivity contribution < 1.29 is 13.6 Å². The van der Waals surface area contributed by atoms with Crippen LogP contribution in [0.25, 0.3) is 0 Å². The van der Waals surface area contributed by atoms with Crippen LogP contribution in [0.3, 0.4) is 0 Å². The molecule has 132 valence electrons. The van der Waals surface area contributed by atoms with Gasteiger partial charge in [0.15, 0.2) is 0 Å². The fraction of sp³-hybridized carbons (Fsp3) is 0.0556. The maximum Gasteiger partial charge on any atom is 0.270 e. The van der Waals surface area contributed by atoms with Gasteiger partial charge in [-0.25, -0.2) is 18.7 Å². The van der Waals surface area contributed by atoms with Gasteiger partial charge in [0.05, 0.1) is 5.69 Å². The van der Waals surface area contributed by atoms with Gasteiger partial charge in [-0.2, -0.15) is 0 Å². The van der Waals surface area contributed by atoms with Crippen LogP contribution in [0.5, 0.6) is 0 Å². The van der Waals surface area contributed by atoms with Crippen LogP contribution in [-0.2, 0) is 6.54 Å². The Hall–Kier alpha value is -3.06. The van der Waals surface area contributed by atoms with E-state index in [0.29, 0.717) is 11.6 Å². The minimum Gasteiger partial charge on any atom is -0.347 e. The topological polar surface area (TPSA) is 66.9 Å². The summed E-state index contributed by atoms with van der Waals surface area (Å²) in [5.74, 6) is -1.65. The van der Waals surface area contributed by atoms with Gasteiger partial charge in [0, 0.05) is 23.7 Å². The third-order valence-corrected chi connectivity index (χ3v) is 3.71. The predicted octanol–water partition coefficient (Wildman–Crippen LogP) is 4.08. The van der Waals surface area contributed by atoms with E-state index in [2.05, 4.69) is 20.6 Å². The summed E-state index contributed by atoms with van der Waals surface area (Å²) in [7, 11) is 0. The lowest BCUT2D eigenvalue weighted by Crippen LogP contribution is -2.24. The maximum absolute atomic E-state index is 13.7. The lowest BCUT2D eigenvalue weighted by Gasteiger charge is -2.08. The van der Waals surface area contributed by atoms with Gasteiger partial charge in [-0.1, -0.05) is 23.7 Å². The number of hydrogen-bond acceptors (Lipinski definition) is 4. The molecule has 0 fully saturated rings. The maximum atomic E-state index is 13.7. The van der Waals surface area contributed by atoms with Crippen molar-refractivity contribution in [2.45, 2.75) is 6.54 Å². The lowest BCUT2D eigenvalue weighted by molar-refractivity contribution is 0.0946. The molecule has 5 nitrogen and oxygen atoms in total. The summed E-state index contributed by atoms with van der Waals surface area (Å²) in [6.07, 6.45) is 1.18. The van der Waals surface area contributed by atoms with Crippen molar-refractivity contribution in [1.82, 2.24) is 15.3 Å². The smallest absolute Gasteiger partial charge is 0.270 e. The standard InChI is InChI=1S/C18H13ClF2N4O/c19-12-3-1-11(2-4-12)9-22-18(26)16-8-17(24-10-23-16)25-15-6-5-13(20)7-14(15)21/h1-8,10H,9H2,(H,22,26)(H,23,24,25). The molecule has 3 rings (SSSR count). The Labute approximate surface area is 153 Å². The van der Waals surface area contributed by atoms with Gasteiger partial charge in [0.25, 0.3) is 5.91 Å². The Balaban J connectivity index is 1.68. The van der Waals surface area contributed by atoms with Gasteiger partial charge in [-0.15, -0.1) is 0 Å². The highest BCUT2D eigenvalue weighted by molar-refractivity contribution is 6.30. The van der Waals surface area contributed by atoms with Crippen molar-refractivity contribution in [2.75, 3.05) is 5.32 Å². The predicted molar refractivity (Wildman–Crippen MR) is 94.3 cm³/mol. The second-order valence-corrected chi connectivity index (χ2v) is 5.78. The SMILES string of the molecule is O=C(NCc1ccc(Cl)cc1)c1cc(Nc2ccc(F)cc2F)ncn1. The molecule has 8 heteroatoms. The molecule has 2 aromatic carbocycles. The average Bonchev–Trinajstić information content (AvgIpc) is 2.63. The Morgan fingerprint density at radius 3 is 2.54 bits per heavy atom. The van der Waals surface area contributed by atoms with Crippen LogP contribution in [0.4, 0.5) is 20.3 Å². The molecule has 26 heavy (non-hydrogen) atoms. The van der Waals surface area contributed by atoms with Gasteiger partial charge >= 0.3 is 0 Å². The summed E-state index contributed by atoms with van der Waals surface area (Å²) in [5.41, 5.74) is 1.03.